The number of carbonyl (C=O) groups is 1. The second-order valence-electron chi connectivity index (χ2n) is 10.0. The Hall–Kier alpha value is -2.15. The van der Waals surface area contributed by atoms with E-state index in [-0.39, 0.29) is 23.1 Å². The molecule has 1 aromatic carbocycles. The molecule has 1 saturated heterocycles. The first-order chi connectivity index (χ1) is 14.4. The lowest BCUT2D eigenvalue weighted by atomic mass is 9.48. The Morgan fingerprint density at radius 2 is 1.77 bits per heavy atom. The van der Waals surface area contributed by atoms with Gasteiger partial charge in [0.1, 0.15) is 0 Å². The van der Waals surface area contributed by atoms with Gasteiger partial charge in [0.25, 0.3) is 11.6 Å². The van der Waals surface area contributed by atoms with E-state index in [0.717, 1.165) is 23.4 Å². The molecule has 162 valence electrons. The van der Waals surface area contributed by atoms with Crippen molar-refractivity contribution >= 4 is 17.3 Å². The van der Waals surface area contributed by atoms with Gasteiger partial charge >= 0.3 is 0 Å². The molecule has 4 aliphatic carbocycles. The molecule has 1 heterocycles. The first-order valence-corrected chi connectivity index (χ1v) is 11.4. The highest BCUT2D eigenvalue weighted by Gasteiger charge is 2.53. The number of nitrogens with zero attached hydrogens (tertiary/aromatic N) is 2. The van der Waals surface area contributed by atoms with Gasteiger partial charge in [-0.1, -0.05) is 0 Å². The van der Waals surface area contributed by atoms with Crippen LogP contribution in [0.1, 0.15) is 55.8 Å². The predicted molar refractivity (Wildman–Crippen MR) is 114 cm³/mol. The summed E-state index contributed by atoms with van der Waals surface area (Å²) in [5.74, 6) is 2.26. The molecule has 6 rings (SSSR count). The van der Waals surface area contributed by atoms with Crippen LogP contribution in [0, 0.1) is 33.3 Å². The number of amides is 1. The average Bonchev–Trinajstić information content (AvgIpc) is 2.73. The number of non-ortho nitro benzene ring substituents is 1. The number of morpholine rings is 1. The molecule has 7 heteroatoms. The Labute approximate surface area is 177 Å². The van der Waals surface area contributed by atoms with Crippen molar-refractivity contribution in [1.29, 1.82) is 0 Å². The Bertz CT molecular complexity index is 814. The van der Waals surface area contributed by atoms with E-state index in [1.54, 1.807) is 6.07 Å². The summed E-state index contributed by atoms with van der Waals surface area (Å²) in [6.45, 7) is 4.71. The standard InChI is InChI=1S/C23H31N3O4/c1-15(23-12-16-8-17(13-23)10-18(9-16)14-23)24-22(27)20-11-19(26(28)29)2-3-21(20)25-4-6-30-7-5-25/h2-3,11,15-18H,4-10,12-14H2,1H3,(H,24,27). The van der Waals surface area contributed by atoms with Crippen LogP contribution in [0.3, 0.4) is 0 Å². The highest BCUT2D eigenvalue weighted by Crippen LogP contribution is 2.61. The van der Waals surface area contributed by atoms with Gasteiger partial charge in [-0.15, -0.1) is 0 Å². The first-order valence-electron chi connectivity index (χ1n) is 11.4. The van der Waals surface area contributed by atoms with E-state index in [0.29, 0.717) is 31.9 Å². The molecule has 1 aliphatic heterocycles. The topological polar surface area (TPSA) is 84.7 Å². The highest BCUT2D eigenvalue weighted by atomic mass is 16.6. The highest BCUT2D eigenvalue weighted by molar-refractivity contribution is 6.00. The molecule has 4 bridgehead atoms. The number of hydrogen-bond donors (Lipinski definition) is 1. The maximum absolute atomic E-state index is 13.4. The fourth-order valence-electron chi connectivity index (χ4n) is 7.03. The molecule has 1 N–H and O–H groups in total. The molecule has 5 aliphatic rings. The normalized spacial score (nSPS) is 33.4. The van der Waals surface area contributed by atoms with Gasteiger partial charge in [-0.2, -0.15) is 0 Å². The van der Waals surface area contributed by atoms with Crippen LogP contribution >= 0.6 is 0 Å². The number of anilines is 1. The van der Waals surface area contributed by atoms with Gasteiger partial charge in [-0.3, -0.25) is 14.9 Å². The predicted octanol–water partition coefficient (Wildman–Crippen LogP) is 3.77. The van der Waals surface area contributed by atoms with Gasteiger partial charge in [0.05, 0.1) is 29.4 Å². The van der Waals surface area contributed by atoms with E-state index < -0.39 is 4.92 Å². The summed E-state index contributed by atoms with van der Waals surface area (Å²) in [5, 5.41) is 14.6. The summed E-state index contributed by atoms with van der Waals surface area (Å²) in [6.07, 6.45) is 7.74. The Balaban J connectivity index is 1.39. The summed E-state index contributed by atoms with van der Waals surface area (Å²) in [7, 11) is 0. The van der Waals surface area contributed by atoms with Gasteiger partial charge in [-0.25, -0.2) is 0 Å². The van der Waals surface area contributed by atoms with Crippen LogP contribution in [0.2, 0.25) is 0 Å². The molecule has 0 spiro atoms. The van der Waals surface area contributed by atoms with E-state index in [4.69, 9.17) is 4.74 Å². The quantitative estimate of drug-likeness (QED) is 0.587. The van der Waals surface area contributed by atoms with Crippen molar-refractivity contribution < 1.29 is 14.5 Å². The lowest BCUT2D eigenvalue weighted by Crippen LogP contribution is -2.55. The number of carbonyl (C=O) groups excluding carboxylic acids is 1. The van der Waals surface area contributed by atoms with Crippen molar-refractivity contribution in [2.24, 2.45) is 23.2 Å². The van der Waals surface area contributed by atoms with E-state index in [1.807, 2.05) is 0 Å². The van der Waals surface area contributed by atoms with Crippen LogP contribution in [-0.4, -0.2) is 43.2 Å². The lowest BCUT2D eigenvalue weighted by molar-refractivity contribution is -0.384. The summed E-state index contributed by atoms with van der Waals surface area (Å²) in [4.78, 5) is 26.4. The molecule has 5 fully saturated rings. The molecule has 1 aromatic rings. The number of hydrogen-bond acceptors (Lipinski definition) is 5. The van der Waals surface area contributed by atoms with Crippen LogP contribution in [0.15, 0.2) is 18.2 Å². The van der Waals surface area contributed by atoms with Crippen molar-refractivity contribution in [2.75, 3.05) is 31.2 Å². The van der Waals surface area contributed by atoms with E-state index >= 15 is 0 Å². The van der Waals surface area contributed by atoms with E-state index in [9.17, 15) is 14.9 Å². The third-order valence-electron chi connectivity index (χ3n) is 8.14. The van der Waals surface area contributed by atoms with Crippen LogP contribution in [0.4, 0.5) is 11.4 Å². The number of nitro benzene ring substituents is 1. The Morgan fingerprint density at radius 3 is 2.33 bits per heavy atom. The van der Waals surface area contributed by atoms with Crippen molar-refractivity contribution in [2.45, 2.75) is 51.5 Å². The maximum Gasteiger partial charge on any atom is 0.270 e. The third-order valence-corrected chi connectivity index (χ3v) is 8.14. The Morgan fingerprint density at radius 1 is 1.17 bits per heavy atom. The molecule has 0 aromatic heterocycles. The molecule has 1 unspecified atom stereocenters. The number of nitro groups is 1. The zero-order valence-corrected chi connectivity index (χ0v) is 17.6. The smallest absolute Gasteiger partial charge is 0.270 e. The van der Waals surface area contributed by atoms with Gasteiger partial charge in [0.2, 0.25) is 0 Å². The lowest BCUT2D eigenvalue weighted by Gasteiger charge is -2.59. The molecule has 4 saturated carbocycles. The minimum absolute atomic E-state index is 0.0420. The van der Waals surface area contributed by atoms with Crippen LogP contribution in [0.5, 0.6) is 0 Å². The SMILES string of the molecule is CC(NC(=O)c1cc([N+](=O)[O-])ccc1N1CCOCC1)C12CC3CC(CC(C3)C1)C2. The van der Waals surface area contributed by atoms with Crippen LogP contribution in [0.25, 0.3) is 0 Å². The second-order valence-corrected chi connectivity index (χ2v) is 10.0. The summed E-state index contributed by atoms with van der Waals surface area (Å²) >= 11 is 0. The van der Waals surface area contributed by atoms with E-state index in [2.05, 4.69) is 17.1 Å². The first kappa shape index (κ1) is 19.8. The average molecular weight is 414 g/mol. The van der Waals surface area contributed by atoms with Crippen molar-refractivity contribution in [3.05, 3.63) is 33.9 Å². The fourth-order valence-corrected chi connectivity index (χ4v) is 7.03. The fraction of sp³-hybridized carbons (Fsp3) is 0.696. The third kappa shape index (κ3) is 3.47. The van der Waals surface area contributed by atoms with Gasteiger partial charge in [0.15, 0.2) is 0 Å². The van der Waals surface area contributed by atoms with Crippen LogP contribution in [-0.2, 0) is 4.74 Å². The zero-order valence-electron chi connectivity index (χ0n) is 17.6. The van der Waals surface area contributed by atoms with Crippen LogP contribution < -0.4 is 10.2 Å². The monoisotopic (exact) mass is 413 g/mol. The number of ether oxygens (including phenoxy) is 1. The van der Waals surface area contributed by atoms with Gasteiger partial charge in [0, 0.05) is 31.3 Å². The van der Waals surface area contributed by atoms with Gasteiger partial charge in [-0.05, 0) is 74.7 Å². The minimum atomic E-state index is -0.428. The molecule has 30 heavy (non-hydrogen) atoms. The summed E-state index contributed by atoms with van der Waals surface area (Å²) in [6, 6.07) is 4.72. The van der Waals surface area contributed by atoms with E-state index in [1.165, 1.54) is 50.7 Å². The summed E-state index contributed by atoms with van der Waals surface area (Å²) in [5.41, 5.74) is 1.32. The van der Waals surface area contributed by atoms with Gasteiger partial charge < -0.3 is 15.0 Å². The van der Waals surface area contributed by atoms with Crippen molar-refractivity contribution in [3.63, 3.8) is 0 Å². The van der Waals surface area contributed by atoms with Crippen molar-refractivity contribution in [1.82, 2.24) is 5.32 Å². The zero-order chi connectivity index (χ0) is 20.9. The minimum Gasteiger partial charge on any atom is -0.378 e. The molecule has 1 amide bonds. The number of rotatable bonds is 5. The molecular weight excluding hydrogens is 382 g/mol. The van der Waals surface area contributed by atoms with Crippen molar-refractivity contribution in [3.8, 4) is 0 Å². The largest absolute Gasteiger partial charge is 0.378 e. The molecule has 0 radical (unpaired) electrons. The molecule has 7 nitrogen and oxygen atoms in total. The Kier molecular flexibility index (Phi) is 4.96. The summed E-state index contributed by atoms with van der Waals surface area (Å²) < 4.78 is 5.44. The second kappa shape index (κ2) is 7.52. The molecule has 1 atom stereocenters. The maximum atomic E-state index is 13.4. The molecular formula is C23H31N3O4. The number of nitrogens with one attached hydrogen (secondary N) is 1. The number of benzene rings is 1.